The molecule has 2 aromatic rings. The van der Waals surface area contributed by atoms with E-state index in [-0.39, 0.29) is 0 Å². The molecule has 0 radical (unpaired) electrons. The second kappa shape index (κ2) is 7.01. The van der Waals surface area contributed by atoms with Gasteiger partial charge in [-0.15, -0.1) is 0 Å². The normalized spacial score (nSPS) is 17.0. The number of pyridine rings is 1. The van der Waals surface area contributed by atoms with E-state index in [0.717, 1.165) is 36.3 Å². The Labute approximate surface area is 131 Å². The fourth-order valence-corrected chi connectivity index (χ4v) is 2.98. The van der Waals surface area contributed by atoms with Crippen LogP contribution in [0.3, 0.4) is 0 Å². The van der Waals surface area contributed by atoms with Crippen molar-refractivity contribution < 1.29 is 4.52 Å². The van der Waals surface area contributed by atoms with Gasteiger partial charge in [0.2, 0.25) is 0 Å². The fraction of sp³-hybridized carbons (Fsp3) is 0.588. The van der Waals surface area contributed by atoms with Crippen molar-refractivity contribution in [1.82, 2.24) is 20.0 Å². The number of nitrogens with zero attached hydrogens (tertiary/aromatic N) is 4. The number of hydrogen-bond acceptors (Lipinski definition) is 5. The second-order valence-electron chi connectivity index (χ2n) is 6.25. The zero-order valence-electron chi connectivity index (χ0n) is 13.5. The zero-order chi connectivity index (χ0) is 15.4. The summed E-state index contributed by atoms with van der Waals surface area (Å²) in [6.07, 6.45) is 7.24. The van der Waals surface area contributed by atoms with Crippen LogP contribution in [0.2, 0.25) is 0 Å². The van der Waals surface area contributed by atoms with E-state index in [2.05, 4.69) is 40.1 Å². The molecular formula is C17H24N4O. The van der Waals surface area contributed by atoms with E-state index >= 15 is 0 Å². The molecule has 0 aromatic carbocycles. The summed E-state index contributed by atoms with van der Waals surface area (Å²) in [6, 6.07) is 3.99. The molecule has 1 saturated heterocycles. The molecule has 5 nitrogen and oxygen atoms in total. The highest BCUT2D eigenvalue weighted by molar-refractivity contribution is 5.52. The minimum absolute atomic E-state index is 0.614. The molecule has 3 rings (SSSR count). The smallest absolute Gasteiger partial charge is 0.258 e. The SMILES string of the molecule is CCCc1cc(-c2nc(CC3CCN(C)CC3)no2)ccn1. The van der Waals surface area contributed by atoms with Crippen molar-refractivity contribution in [3.8, 4) is 11.5 Å². The average Bonchev–Trinajstić information content (AvgIpc) is 2.99. The fourth-order valence-electron chi connectivity index (χ4n) is 2.98. The molecule has 5 heteroatoms. The first-order valence-corrected chi connectivity index (χ1v) is 8.21. The van der Waals surface area contributed by atoms with Crippen molar-refractivity contribution in [3.05, 3.63) is 29.8 Å². The second-order valence-corrected chi connectivity index (χ2v) is 6.25. The maximum absolute atomic E-state index is 5.45. The third kappa shape index (κ3) is 3.71. The third-order valence-electron chi connectivity index (χ3n) is 4.35. The molecule has 0 atom stereocenters. The predicted molar refractivity (Wildman–Crippen MR) is 85.4 cm³/mol. The van der Waals surface area contributed by atoms with E-state index in [0.29, 0.717) is 11.8 Å². The molecular weight excluding hydrogens is 276 g/mol. The van der Waals surface area contributed by atoms with Gasteiger partial charge in [0.15, 0.2) is 5.82 Å². The first kappa shape index (κ1) is 15.2. The van der Waals surface area contributed by atoms with Crippen molar-refractivity contribution in [3.63, 3.8) is 0 Å². The largest absolute Gasteiger partial charge is 0.334 e. The maximum Gasteiger partial charge on any atom is 0.258 e. The molecule has 118 valence electrons. The van der Waals surface area contributed by atoms with E-state index in [9.17, 15) is 0 Å². The molecule has 22 heavy (non-hydrogen) atoms. The third-order valence-corrected chi connectivity index (χ3v) is 4.35. The number of hydrogen-bond donors (Lipinski definition) is 0. The van der Waals surface area contributed by atoms with Crippen LogP contribution in [0.5, 0.6) is 0 Å². The van der Waals surface area contributed by atoms with E-state index in [4.69, 9.17) is 4.52 Å². The van der Waals surface area contributed by atoms with Gasteiger partial charge in [-0.05, 0) is 57.5 Å². The average molecular weight is 300 g/mol. The van der Waals surface area contributed by atoms with Gasteiger partial charge in [0.05, 0.1) is 0 Å². The summed E-state index contributed by atoms with van der Waals surface area (Å²) < 4.78 is 5.45. The lowest BCUT2D eigenvalue weighted by molar-refractivity contribution is 0.216. The van der Waals surface area contributed by atoms with E-state index in [1.807, 2.05) is 12.3 Å². The van der Waals surface area contributed by atoms with Crippen LogP contribution < -0.4 is 0 Å². The van der Waals surface area contributed by atoms with Crippen LogP contribution in [-0.4, -0.2) is 40.2 Å². The molecule has 0 amide bonds. The summed E-state index contributed by atoms with van der Waals surface area (Å²) >= 11 is 0. The first-order valence-electron chi connectivity index (χ1n) is 8.21. The summed E-state index contributed by atoms with van der Waals surface area (Å²) in [7, 11) is 2.18. The Kier molecular flexibility index (Phi) is 4.83. The van der Waals surface area contributed by atoms with Crippen LogP contribution in [0, 0.1) is 5.92 Å². The van der Waals surface area contributed by atoms with Gasteiger partial charge in [0.1, 0.15) is 0 Å². The molecule has 0 bridgehead atoms. The Morgan fingerprint density at radius 2 is 2.14 bits per heavy atom. The van der Waals surface area contributed by atoms with Gasteiger partial charge in [-0.2, -0.15) is 4.98 Å². The molecule has 0 unspecified atom stereocenters. The quantitative estimate of drug-likeness (QED) is 0.849. The Morgan fingerprint density at radius 3 is 2.91 bits per heavy atom. The Bertz CT molecular complexity index is 602. The van der Waals surface area contributed by atoms with Crippen molar-refractivity contribution in [2.24, 2.45) is 5.92 Å². The molecule has 0 saturated carbocycles. The highest BCUT2D eigenvalue weighted by atomic mass is 16.5. The van der Waals surface area contributed by atoms with Crippen LogP contribution >= 0.6 is 0 Å². The summed E-state index contributed by atoms with van der Waals surface area (Å²) in [5.74, 6) is 2.12. The van der Waals surface area contributed by atoms with Gasteiger partial charge in [-0.1, -0.05) is 18.5 Å². The van der Waals surface area contributed by atoms with Crippen molar-refractivity contribution >= 4 is 0 Å². The predicted octanol–water partition coefficient (Wildman–Crippen LogP) is 2.97. The molecule has 2 aromatic heterocycles. The van der Waals surface area contributed by atoms with Gasteiger partial charge < -0.3 is 9.42 Å². The molecule has 0 N–H and O–H groups in total. The zero-order valence-corrected chi connectivity index (χ0v) is 13.5. The van der Waals surface area contributed by atoms with Crippen LogP contribution in [0.25, 0.3) is 11.5 Å². The summed E-state index contributed by atoms with van der Waals surface area (Å²) in [4.78, 5) is 11.3. The minimum Gasteiger partial charge on any atom is -0.334 e. The van der Waals surface area contributed by atoms with Crippen LogP contribution in [0.1, 0.15) is 37.7 Å². The molecule has 1 fully saturated rings. The lowest BCUT2D eigenvalue weighted by atomic mass is 9.94. The summed E-state index contributed by atoms with van der Waals surface area (Å²) in [6.45, 7) is 4.49. The Morgan fingerprint density at radius 1 is 1.32 bits per heavy atom. The molecule has 1 aliphatic rings. The standard InChI is InChI=1S/C17H24N4O/c1-3-4-15-12-14(5-8-18-15)17-19-16(20-22-17)11-13-6-9-21(2)10-7-13/h5,8,12-13H,3-4,6-7,9-11H2,1-2H3. The monoisotopic (exact) mass is 300 g/mol. The topological polar surface area (TPSA) is 55.1 Å². The minimum atomic E-state index is 0.614. The highest BCUT2D eigenvalue weighted by Gasteiger charge is 2.19. The Hall–Kier alpha value is -1.75. The van der Waals surface area contributed by atoms with Crippen LogP contribution in [0.15, 0.2) is 22.9 Å². The van der Waals surface area contributed by atoms with E-state index < -0.39 is 0 Å². The molecule has 0 aliphatic carbocycles. The van der Waals surface area contributed by atoms with Gasteiger partial charge in [-0.25, -0.2) is 0 Å². The van der Waals surface area contributed by atoms with Crippen LogP contribution in [0.4, 0.5) is 0 Å². The summed E-state index contributed by atoms with van der Waals surface area (Å²) in [5, 5.41) is 4.16. The first-order chi connectivity index (χ1) is 10.7. The van der Waals surface area contributed by atoms with Gasteiger partial charge in [-0.3, -0.25) is 4.98 Å². The van der Waals surface area contributed by atoms with Gasteiger partial charge in [0, 0.05) is 23.9 Å². The summed E-state index contributed by atoms with van der Waals surface area (Å²) in [5.41, 5.74) is 2.05. The van der Waals surface area contributed by atoms with Crippen molar-refractivity contribution in [2.45, 2.75) is 39.0 Å². The van der Waals surface area contributed by atoms with Gasteiger partial charge in [0.25, 0.3) is 5.89 Å². The lowest BCUT2D eigenvalue weighted by Gasteiger charge is -2.27. The van der Waals surface area contributed by atoms with Gasteiger partial charge >= 0.3 is 0 Å². The number of likely N-dealkylation sites (tertiary alicyclic amines) is 1. The maximum atomic E-state index is 5.45. The highest BCUT2D eigenvalue weighted by Crippen LogP contribution is 2.22. The number of aryl methyl sites for hydroxylation is 1. The number of rotatable bonds is 5. The molecule has 1 aliphatic heterocycles. The Balaban J connectivity index is 1.67. The van der Waals surface area contributed by atoms with E-state index in [1.54, 1.807) is 0 Å². The lowest BCUT2D eigenvalue weighted by Crippen LogP contribution is -2.31. The molecule has 3 heterocycles. The number of piperidine rings is 1. The van der Waals surface area contributed by atoms with Crippen molar-refractivity contribution in [2.75, 3.05) is 20.1 Å². The van der Waals surface area contributed by atoms with Crippen LogP contribution in [-0.2, 0) is 12.8 Å². The van der Waals surface area contributed by atoms with E-state index in [1.165, 1.54) is 25.9 Å². The molecule has 0 spiro atoms. The van der Waals surface area contributed by atoms with Crippen molar-refractivity contribution in [1.29, 1.82) is 0 Å². The number of aromatic nitrogens is 3.